The van der Waals surface area contributed by atoms with Crippen LogP contribution in [0.5, 0.6) is 0 Å². The number of carbonyl (C=O) groups excluding carboxylic acids is 1. The summed E-state index contributed by atoms with van der Waals surface area (Å²) in [6, 6.07) is 10.4. The Labute approximate surface area is 163 Å². The largest absolute Gasteiger partial charge is 0.310 e. The molecule has 9 heteroatoms. The third-order valence-electron chi connectivity index (χ3n) is 4.86. The van der Waals surface area contributed by atoms with Gasteiger partial charge in [0.15, 0.2) is 0 Å². The number of rotatable bonds is 5. The van der Waals surface area contributed by atoms with Crippen LogP contribution in [-0.4, -0.2) is 38.1 Å². The van der Waals surface area contributed by atoms with E-state index < -0.39 is 21.0 Å². The lowest BCUT2D eigenvalue weighted by Gasteiger charge is -2.32. The van der Waals surface area contributed by atoms with Crippen molar-refractivity contribution >= 4 is 33.0 Å². The minimum Gasteiger partial charge on any atom is -0.310 e. The van der Waals surface area contributed by atoms with Gasteiger partial charge >= 0.3 is 0 Å². The fourth-order valence-corrected chi connectivity index (χ4v) is 4.73. The highest BCUT2D eigenvalue weighted by Gasteiger charge is 2.36. The minimum absolute atomic E-state index is 0.130. The van der Waals surface area contributed by atoms with Gasteiger partial charge in [-0.2, -0.15) is 0 Å². The van der Waals surface area contributed by atoms with Crippen molar-refractivity contribution in [1.29, 1.82) is 0 Å². The smallest absolute Gasteiger partial charge is 0.271 e. The first-order valence-corrected chi connectivity index (χ1v) is 10.6. The van der Waals surface area contributed by atoms with Crippen molar-refractivity contribution in [2.24, 2.45) is 0 Å². The molecule has 1 heterocycles. The number of hydrogen-bond donors (Lipinski definition) is 0. The molecule has 1 aliphatic rings. The molecule has 0 saturated heterocycles. The Bertz CT molecular complexity index is 1050. The maximum Gasteiger partial charge on any atom is 0.271 e. The average Bonchev–Trinajstić information content (AvgIpc) is 3.05. The van der Waals surface area contributed by atoms with Gasteiger partial charge in [-0.05, 0) is 37.5 Å². The summed E-state index contributed by atoms with van der Waals surface area (Å²) in [7, 11) is -3.87. The van der Waals surface area contributed by atoms with Crippen LogP contribution in [0.25, 0.3) is 0 Å². The zero-order chi connectivity index (χ0) is 20.6. The Morgan fingerprint density at radius 1 is 1.25 bits per heavy atom. The lowest BCUT2D eigenvalue weighted by Crippen LogP contribution is -2.49. The number of carbonyl (C=O) groups is 1. The van der Waals surface area contributed by atoms with Crippen LogP contribution in [0.4, 0.5) is 17.1 Å². The van der Waals surface area contributed by atoms with E-state index in [0.29, 0.717) is 18.5 Å². The van der Waals surface area contributed by atoms with Crippen LogP contribution in [0.2, 0.25) is 0 Å². The number of nitro groups is 1. The van der Waals surface area contributed by atoms with E-state index in [0.717, 1.165) is 21.8 Å². The van der Waals surface area contributed by atoms with Crippen molar-refractivity contribution in [3.05, 3.63) is 63.7 Å². The number of para-hydroxylation sites is 1. The molecule has 0 aromatic heterocycles. The lowest BCUT2D eigenvalue weighted by atomic mass is 10.1. The molecule has 1 aliphatic heterocycles. The van der Waals surface area contributed by atoms with E-state index in [1.165, 1.54) is 25.1 Å². The third-order valence-corrected chi connectivity index (χ3v) is 6.09. The highest BCUT2D eigenvalue weighted by atomic mass is 32.2. The van der Waals surface area contributed by atoms with Crippen molar-refractivity contribution in [2.45, 2.75) is 26.3 Å². The fraction of sp³-hybridized carbons (Fsp3) is 0.316. The van der Waals surface area contributed by atoms with Gasteiger partial charge in [0.1, 0.15) is 6.04 Å². The summed E-state index contributed by atoms with van der Waals surface area (Å²) >= 11 is 0. The Kier molecular flexibility index (Phi) is 5.12. The number of aryl methyl sites for hydroxylation is 1. The van der Waals surface area contributed by atoms with Crippen molar-refractivity contribution in [3.8, 4) is 0 Å². The molecule has 2 aromatic carbocycles. The van der Waals surface area contributed by atoms with Crippen LogP contribution in [0.15, 0.2) is 42.5 Å². The molecular weight excluding hydrogens is 382 g/mol. The summed E-state index contributed by atoms with van der Waals surface area (Å²) in [5.41, 5.74) is 2.21. The highest BCUT2D eigenvalue weighted by Crippen LogP contribution is 2.32. The van der Waals surface area contributed by atoms with Crippen molar-refractivity contribution in [1.82, 2.24) is 0 Å². The number of anilines is 2. The number of amides is 1. The molecule has 28 heavy (non-hydrogen) atoms. The molecule has 3 rings (SSSR count). The summed E-state index contributed by atoms with van der Waals surface area (Å²) in [6.45, 7) is 3.62. The van der Waals surface area contributed by atoms with Crippen LogP contribution in [0, 0.1) is 17.0 Å². The minimum atomic E-state index is -3.87. The molecule has 0 spiro atoms. The Morgan fingerprint density at radius 2 is 1.93 bits per heavy atom. The molecule has 1 atom stereocenters. The molecule has 0 radical (unpaired) electrons. The van der Waals surface area contributed by atoms with E-state index >= 15 is 0 Å². The first-order chi connectivity index (χ1) is 13.1. The topological polar surface area (TPSA) is 101 Å². The average molecular weight is 403 g/mol. The van der Waals surface area contributed by atoms with E-state index in [1.807, 2.05) is 24.3 Å². The van der Waals surface area contributed by atoms with Crippen molar-refractivity contribution < 1.29 is 18.1 Å². The standard InChI is InChI=1S/C19H21N3O5S/c1-13-8-9-16(22(24)25)12-18(13)21(28(3,26)27)14(2)19(23)20-11-10-15-6-4-5-7-17(15)20/h4-9,12,14H,10-11H2,1-3H3. The number of nitro benzene ring substituents is 1. The normalized spacial score (nSPS) is 14.5. The summed E-state index contributed by atoms with van der Waals surface area (Å²) in [5.74, 6) is -0.374. The molecule has 0 fully saturated rings. The van der Waals surface area contributed by atoms with Gasteiger partial charge in [-0.1, -0.05) is 24.3 Å². The maximum atomic E-state index is 13.2. The van der Waals surface area contributed by atoms with Crippen LogP contribution < -0.4 is 9.21 Å². The predicted octanol–water partition coefficient (Wildman–Crippen LogP) is 2.65. The molecule has 0 bridgehead atoms. The molecule has 1 unspecified atom stereocenters. The van der Waals surface area contributed by atoms with E-state index in [2.05, 4.69) is 0 Å². The van der Waals surface area contributed by atoms with E-state index in [9.17, 15) is 23.3 Å². The van der Waals surface area contributed by atoms with Crippen LogP contribution in [-0.2, 0) is 21.2 Å². The maximum absolute atomic E-state index is 13.2. The number of sulfonamides is 1. The second kappa shape index (κ2) is 7.23. The second-order valence-corrected chi connectivity index (χ2v) is 8.69. The molecule has 148 valence electrons. The van der Waals surface area contributed by atoms with E-state index in [1.54, 1.807) is 11.8 Å². The predicted molar refractivity (Wildman–Crippen MR) is 107 cm³/mol. The monoisotopic (exact) mass is 403 g/mol. The quantitative estimate of drug-likeness (QED) is 0.564. The van der Waals surface area contributed by atoms with Crippen molar-refractivity contribution in [3.63, 3.8) is 0 Å². The summed E-state index contributed by atoms with van der Waals surface area (Å²) in [5, 5.41) is 11.1. The SMILES string of the molecule is Cc1ccc([N+](=O)[O-])cc1N(C(C)C(=O)N1CCc2ccccc21)S(C)(=O)=O. The first-order valence-electron chi connectivity index (χ1n) is 8.75. The Balaban J connectivity index is 2.03. The number of hydrogen-bond acceptors (Lipinski definition) is 5. The van der Waals surface area contributed by atoms with Crippen LogP contribution in [0.3, 0.4) is 0 Å². The molecule has 0 N–H and O–H groups in total. The zero-order valence-electron chi connectivity index (χ0n) is 15.8. The third kappa shape index (κ3) is 3.57. The van der Waals surface area contributed by atoms with Gasteiger partial charge in [-0.25, -0.2) is 8.42 Å². The molecule has 8 nitrogen and oxygen atoms in total. The van der Waals surface area contributed by atoms with Gasteiger partial charge in [0.05, 0.1) is 16.9 Å². The zero-order valence-corrected chi connectivity index (χ0v) is 16.6. The summed E-state index contributed by atoms with van der Waals surface area (Å²) in [6.07, 6.45) is 1.69. The first kappa shape index (κ1) is 19.8. The van der Waals surface area contributed by atoms with Gasteiger partial charge in [-0.3, -0.25) is 19.2 Å². The number of fused-ring (bicyclic) bond motifs is 1. The molecule has 2 aromatic rings. The van der Waals surface area contributed by atoms with Crippen LogP contribution >= 0.6 is 0 Å². The molecule has 1 amide bonds. The van der Waals surface area contributed by atoms with Gasteiger partial charge in [0.2, 0.25) is 10.0 Å². The molecular formula is C19H21N3O5S. The van der Waals surface area contributed by atoms with Crippen LogP contribution in [0.1, 0.15) is 18.1 Å². The van der Waals surface area contributed by atoms with Gasteiger partial charge in [-0.15, -0.1) is 0 Å². The van der Waals surface area contributed by atoms with E-state index in [4.69, 9.17) is 0 Å². The Morgan fingerprint density at radius 3 is 2.57 bits per heavy atom. The fourth-order valence-electron chi connectivity index (χ4n) is 3.52. The lowest BCUT2D eigenvalue weighted by molar-refractivity contribution is -0.384. The Hall–Kier alpha value is -2.94. The molecule has 0 saturated carbocycles. The number of benzene rings is 2. The summed E-state index contributed by atoms with van der Waals surface area (Å²) in [4.78, 5) is 25.3. The van der Waals surface area contributed by atoms with Gasteiger partial charge < -0.3 is 4.90 Å². The highest BCUT2D eigenvalue weighted by molar-refractivity contribution is 7.92. The van der Waals surface area contributed by atoms with Crippen molar-refractivity contribution in [2.75, 3.05) is 22.0 Å². The van der Waals surface area contributed by atoms with Gasteiger partial charge in [0.25, 0.3) is 11.6 Å². The second-order valence-electron chi connectivity index (χ2n) is 6.83. The van der Waals surface area contributed by atoms with Gasteiger partial charge in [0, 0.05) is 24.4 Å². The van der Waals surface area contributed by atoms with E-state index in [-0.39, 0.29) is 17.3 Å². The number of non-ortho nitro benzene ring substituents is 1. The molecule has 0 aliphatic carbocycles. The summed E-state index contributed by atoms with van der Waals surface area (Å²) < 4.78 is 26.1. The number of nitrogens with zero attached hydrogens (tertiary/aromatic N) is 3.